The van der Waals surface area contributed by atoms with Crippen molar-refractivity contribution in [3.8, 4) is 0 Å². The van der Waals surface area contributed by atoms with Gasteiger partial charge in [0, 0.05) is 30.8 Å². The fraction of sp³-hybridized carbons (Fsp3) is 0.533. The molecular weight excluding hydrogens is 274 g/mol. The van der Waals surface area contributed by atoms with Gasteiger partial charge in [0.2, 0.25) is 5.91 Å². The van der Waals surface area contributed by atoms with E-state index in [2.05, 4.69) is 15.5 Å². The first-order valence-electron chi connectivity index (χ1n) is 7.08. The molecular formula is C15H22ClN3O. The first-order valence-corrected chi connectivity index (χ1v) is 7.46. The Balaban J connectivity index is 2.35. The molecule has 2 rings (SSSR count). The number of carbonyl (C=O) groups excluding carboxylic acids is 1. The molecule has 1 aliphatic rings. The van der Waals surface area contributed by atoms with Crippen LogP contribution in [-0.2, 0) is 11.3 Å². The quantitative estimate of drug-likeness (QED) is 0.895. The van der Waals surface area contributed by atoms with Crippen molar-refractivity contribution in [3.63, 3.8) is 0 Å². The molecule has 1 saturated heterocycles. The van der Waals surface area contributed by atoms with Crippen molar-refractivity contribution in [1.82, 2.24) is 10.6 Å². The van der Waals surface area contributed by atoms with Crippen LogP contribution in [0.5, 0.6) is 0 Å². The first-order chi connectivity index (χ1) is 9.67. The Kier molecular flexibility index (Phi) is 5.26. The molecule has 0 bridgehead atoms. The zero-order valence-corrected chi connectivity index (χ0v) is 12.8. The Morgan fingerprint density at radius 3 is 2.90 bits per heavy atom. The number of rotatable bonds is 4. The molecule has 1 aliphatic heterocycles. The highest BCUT2D eigenvalue weighted by atomic mass is 35.5. The van der Waals surface area contributed by atoms with E-state index in [1.807, 2.05) is 25.2 Å². The zero-order chi connectivity index (χ0) is 14.5. The van der Waals surface area contributed by atoms with Gasteiger partial charge in [0.1, 0.15) is 6.04 Å². The average molecular weight is 296 g/mol. The number of halogens is 1. The summed E-state index contributed by atoms with van der Waals surface area (Å²) in [6.45, 7) is 1.67. The molecule has 4 nitrogen and oxygen atoms in total. The van der Waals surface area contributed by atoms with Crippen LogP contribution in [0.15, 0.2) is 18.2 Å². The van der Waals surface area contributed by atoms with Crippen LogP contribution in [0.25, 0.3) is 0 Å². The molecule has 1 fully saturated rings. The zero-order valence-electron chi connectivity index (χ0n) is 12.1. The van der Waals surface area contributed by atoms with E-state index < -0.39 is 0 Å². The van der Waals surface area contributed by atoms with E-state index in [0.29, 0.717) is 5.02 Å². The molecule has 2 N–H and O–H groups in total. The van der Waals surface area contributed by atoms with Gasteiger partial charge in [-0.1, -0.05) is 17.7 Å². The molecule has 1 heterocycles. The summed E-state index contributed by atoms with van der Waals surface area (Å²) < 4.78 is 0. The standard InChI is InChI=1S/C15H22ClN3O/c1-17-10-11-6-7-12(16)9-14(11)19-8-4-3-5-13(19)15(20)18-2/h6-7,9,13,17H,3-5,8,10H2,1-2H3,(H,18,20). The van der Waals surface area contributed by atoms with Gasteiger partial charge >= 0.3 is 0 Å². The molecule has 1 unspecified atom stereocenters. The van der Waals surface area contributed by atoms with E-state index in [4.69, 9.17) is 11.6 Å². The van der Waals surface area contributed by atoms with Crippen LogP contribution in [0.3, 0.4) is 0 Å². The maximum absolute atomic E-state index is 12.1. The third-order valence-electron chi connectivity index (χ3n) is 3.78. The molecule has 5 heteroatoms. The second-order valence-corrected chi connectivity index (χ2v) is 5.56. The third kappa shape index (κ3) is 3.25. The third-order valence-corrected chi connectivity index (χ3v) is 4.01. The molecule has 0 saturated carbocycles. The van der Waals surface area contributed by atoms with Crippen molar-refractivity contribution < 1.29 is 4.79 Å². The molecule has 1 aromatic carbocycles. The lowest BCUT2D eigenvalue weighted by atomic mass is 9.99. The van der Waals surface area contributed by atoms with Crippen LogP contribution >= 0.6 is 11.6 Å². The fourth-order valence-corrected chi connectivity index (χ4v) is 2.97. The predicted molar refractivity (Wildman–Crippen MR) is 83.3 cm³/mol. The Hall–Kier alpha value is -1.26. The van der Waals surface area contributed by atoms with Gasteiger partial charge in [0.05, 0.1) is 0 Å². The van der Waals surface area contributed by atoms with Gasteiger partial charge in [-0.3, -0.25) is 4.79 Å². The van der Waals surface area contributed by atoms with Crippen molar-refractivity contribution >= 4 is 23.2 Å². The van der Waals surface area contributed by atoms with Crippen LogP contribution in [0, 0.1) is 0 Å². The lowest BCUT2D eigenvalue weighted by Gasteiger charge is -2.37. The predicted octanol–water partition coefficient (Wildman–Crippen LogP) is 2.16. The second kappa shape index (κ2) is 6.95. The summed E-state index contributed by atoms with van der Waals surface area (Å²) >= 11 is 6.15. The summed E-state index contributed by atoms with van der Waals surface area (Å²) in [5, 5.41) is 6.65. The molecule has 1 aromatic rings. The maximum atomic E-state index is 12.1. The summed E-state index contributed by atoms with van der Waals surface area (Å²) in [5.74, 6) is 0.0834. The number of anilines is 1. The average Bonchev–Trinajstić information content (AvgIpc) is 2.48. The molecule has 110 valence electrons. The summed E-state index contributed by atoms with van der Waals surface area (Å²) in [7, 11) is 3.62. The highest BCUT2D eigenvalue weighted by molar-refractivity contribution is 6.30. The number of benzene rings is 1. The summed E-state index contributed by atoms with van der Waals surface area (Å²) in [6, 6.07) is 5.80. The molecule has 1 atom stereocenters. The molecule has 0 aromatic heterocycles. The second-order valence-electron chi connectivity index (χ2n) is 5.12. The number of amides is 1. The highest BCUT2D eigenvalue weighted by Gasteiger charge is 2.29. The maximum Gasteiger partial charge on any atom is 0.242 e. The number of likely N-dealkylation sites (N-methyl/N-ethyl adjacent to an activating group) is 1. The Bertz CT molecular complexity index is 478. The molecule has 0 aliphatic carbocycles. The van der Waals surface area contributed by atoms with E-state index in [0.717, 1.165) is 38.0 Å². The largest absolute Gasteiger partial charge is 0.359 e. The number of nitrogens with zero attached hydrogens (tertiary/aromatic N) is 1. The van der Waals surface area contributed by atoms with Crippen molar-refractivity contribution in [3.05, 3.63) is 28.8 Å². The number of nitrogens with one attached hydrogen (secondary N) is 2. The van der Waals surface area contributed by atoms with Gasteiger partial charge in [-0.05, 0) is 44.0 Å². The monoisotopic (exact) mass is 295 g/mol. The SMILES string of the molecule is CNCc1ccc(Cl)cc1N1CCCCC1C(=O)NC. The number of piperidine rings is 1. The Morgan fingerprint density at radius 1 is 1.40 bits per heavy atom. The lowest BCUT2D eigenvalue weighted by molar-refractivity contribution is -0.122. The van der Waals surface area contributed by atoms with E-state index in [-0.39, 0.29) is 11.9 Å². The van der Waals surface area contributed by atoms with E-state index in [1.165, 1.54) is 5.56 Å². The summed E-state index contributed by atoms with van der Waals surface area (Å²) in [6.07, 6.45) is 3.10. The Labute approximate surface area is 125 Å². The van der Waals surface area contributed by atoms with Crippen LogP contribution in [0.4, 0.5) is 5.69 Å². The topological polar surface area (TPSA) is 44.4 Å². The van der Waals surface area contributed by atoms with Gasteiger partial charge in [0.15, 0.2) is 0 Å². The van der Waals surface area contributed by atoms with Crippen molar-refractivity contribution in [2.75, 3.05) is 25.5 Å². The number of carbonyl (C=O) groups is 1. The van der Waals surface area contributed by atoms with Crippen LogP contribution in [0.2, 0.25) is 5.02 Å². The normalized spacial score (nSPS) is 18.9. The molecule has 20 heavy (non-hydrogen) atoms. The molecule has 1 amide bonds. The Morgan fingerprint density at radius 2 is 2.20 bits per heavy atom. The van der Waals surface area contributed by atoms with Crippen molar-refractivity contribution in [2.24, 2.45) is 0 Å². The summed E-state index contributed by atoms with van der Waals surface area (Å²) in [5.41, 5.74) is 2.24. The lowest BCUT2D eigenvalue weighted by Crippen LogP contribution is -2.49. The minimum absolute atomic E-state index is 0.0834. The van der Waals surface area contributed by atoms with Crippen LogP contribution in [0.1, 0.15) is 24.8 Å². The van der Waals surface area contributed by atoms with Gasteiger partial charge in [-0.2, -0.15) is 0 Å². The van der Waals surface area contributed by atoms with Crippen molar-refractivity contribution in [1.29, 1.82) is 0 Å². The van der Waals surface area contributed by atoms with E-state index >= 15 is 0 Å². The minimum atomic E-state index is -0.0946. The smallest absolute Gasteiger partial charge is 0.242 e. The minimum Gasteiger partial charge on any atom is -0.359 e. The van der Waals surface area contributed by atoms with Gasteiger partial charge in [-0.25, -0.2) is 0 Å². The number of hydrogen-bond donors (Lipinski definition) is 2. The summed E-state index contributed by atoms with van der Waals surface area (Å²) in [4.78, 5) is 14.3. The van der Waals surface area contributed by atoms with E-state index in [9.17, 15) is 4.79 Å². The van der Waals surface area contributed by atoms with Gasteiger partial charge in [-0.15, -0.1) is 0 Å². The highest BCUT2D eigenvalue weighted by Crippen LogP contribution is 2.30. The fourth-order valence-electron chi connectivity index (χ4n) is 2.80. The van der Waals surface area contributed by atoms with E-state index in [1.54, 1.807) is 7.05 Å². The molecule has 0 radical (unpaired) electrons. The van der Waals surface area contributed by atoms with Gasteiger partial charge < -0.3 is 15.5 Å². The van der Waals surface area contributed by atoms with Crippen molar-refractivity contribution in [2.45, 2.75) is 31.8 Å². The molecule has 0 spiro atoms. The van der Waals surface area contributed by atoms with Crippen LogP contribution < -0.4 is 15.5 Å². The van der Waals surface area contributed by atoms with Crippen LogP contribution in [-0.4, -0.2) is 32.6 Å². The first kappa shape index (κ1) is 15.1. The van der Waals surface area contributed by atoms with Gasteiger partial charge in [0.25, 0.3) is 0 Å². The number of hydrogen-bond acceptors (Lipinski definition) is 3.